The highest BCUT2D eigenvalue weighted by molar-refractivity contribution is 6.40. The van der Waals surface area contributed by atoms with Crippen LogP contribution in [-0.4, -0.2) is 12.4 Å². The summed E-state index contributed by atoms with van der Waals surface area (Å²) in [7, 11) is 0. The fraction of sp³-hybridized carbons (Fsp3) is 0.300. The smallest absolute Gasteiger partial charge is 0.156 e. The van der Waals surface area contributed by atoms with E-state index in [9.17, 15) is 4.79 Å². The average molecular weight is 268 g/mol. The van der Waals surface area contributed by atoms with E-state index < -0.39 is 0 Å². The van der Waals surface area contributed by atoms with Crippen molar-refractivity contribution in [2.24, 2.45) is 0 Å². The normalized spacial score (nSPS) is 10.1. The van der Waals surface area contributed by atoms with E-state index in [4.69, 9.17) is 39.5 Å². The Labute approximate surface area is 103 Å². The molecule has 0 aliphatic rings. The summed E-state index contributed by atoms with van der Waals surface area (Å²) < 4.78 is 5.29. The summed E-state index contributed by atoms with van der Waals surface area (Å²) in [5.41, 5.74) is 0. The first-order chi connectivity index (χ1) is 7.00. The highest BCUT2D eigenvalue weighted by atomic mass is 35.5. The molecule has 15 heavy (non-hydrogen) atoms. The maximum atomic E-state index is 10.7. The lowest BCUT2D eigenvalue weighted by Gasteiger charge is -2.09. The molecule has 0 saturated carbocycles. The van der Waals surface area contributed by atoms with Crippen LogP contribution < -0.4 is 4.74 Å². The number of hydrogen-bond acceptors (Lipinski definition) is 2. The Kier molecular flexibility index (Phi) is 4.71. The van der Waals surface area contributed by atoms with E-state index in [0.717, 1.165) is 0 Å². The van der Waals surface area contributed by atoms with Crippen molar-refractivity contribution in [1.29, 1.82) is 0 Å². The van der Waals surface area contributed by atoms with Crippen LogP contribution in [0.15, 0.2) is 12.1 Å². The highest BCUT2D eigenvalue weighted by Gasteiger charge is 2.09. The predicted molar refractivity (Wildman–Crippen MR) is 62.3 cm³/mol. The molecule has 0 saturated heterocycles. The van der Waals surface area contributed by atoms with Gasteiger partial charge in [0.1, 0.15) is 5.78 Å². The minimum absolute atomic E-state index is 0.0520. The van der Waals surface area contributed by atoms with Crippen molar-refractivity contribution < 1.29 is 9.53 Å². The fourth-order valence-electron chi connectivity index (χ4n) is 0.964. The number of ether oxygens (including phenoxy) is 1. The topological polar surface area (TPSA) is 26.3 Å². The van der Waals surface area contributed by atoms with Gasteiger partial charge in [0, 0.05) is 11.4 Å². The Bertz CT molecular complexity index is 354. The van der Waals surface area contributed by atoms with Crippen LogP contribution in [0, 0.1) is 0 Å². The van der Waals surface area contributed by atoms with Gasteiger partial charge in [-0.05, 0) is 19.1 Å². The number of carbonyl (C=O) groups excluding carboxylic acids is 1. The standard InChI is InChI=1S/C10H9Cl3O2/c1-6(14)2-3-15-10-8(12)4-7(11)5-9(10)13/h4-5H,2-3H2,1H3. The van der Waals surface area contributed by atoms with E-state index in [1.165, 1.54) is 19.1 Å². The zero-order chi connectivity index (χ0) is 11.4. The van der Waals surface area contributed by atoms with Gasteiger partial charge in [0.2, 0.25) is 0 Å². The molecule has 1 aromatic rings. The number of Topliss-reactive ketones (excluding diaryl/α,β-unsaturated/α-hetero) is 1. The molecule has 0 aromatic heterocycles. The first-order valence-corrected chi connectivity index (χ1v) is 5.41. The summed E-state index contributed by atoms with van der Waals surface area (Å²) >= 11 is 17.5. The lowest BCUT2D eigenvalue weighted by atomic mass is 10.3. The van der Waals surface area contributed by atoms with Crippen molar-refractivity contribution in [3.63, 3.8) is 0 Å². The molecule has 0 aliphatic carbocycles. The van der Waals surface area contributed by atoms with E-state index >= 15 is 0 Å². The Morgan fingerprint density at radius 1 is 1.27 bits per heavy atom. The fourth-order valence-corrected chi connectivity index (χ4v) is 1.89. The molecule has 0 aliphatic heterocycles. The van der Waals surface area contributed by atoms with E-state index in [1.807, 2.05) is 0 Å². The molecule has 2 nitrogen and oxygen atoms in total. The quantitative estimate of drug-likeness (QED) is 0.824. The second kappa shape index (κ2) is 5.59. The van der Waals surface area contributed by atoms with Gasteiger partial charge in [0.05, 0.1) is 16.7 Å². The second-order valence-electron chi connectivity index (χ2n) is 3.00. The average Bonchev–Trinajstić information content (AvgIpc) is 2.08. The minimum atomic E-state index is 0.0520. The molecular formula is C10H9Cl3O2. The van der Waals surface area contributed by atoms with Crippen molar-refractivity contribution in [3.05, 3.63) is 27.2 Å². The van der Waals surface area contributed by atoms with Gasteiger partial charge in [-0.3, -0.25) is 4.79 Å². The van der Waals surface area contributed by atoms with Crippen LogP contribution in [-0.2, 0) is 4.79 Å². The van der Waals surface area contributed by atoms with E-state index in [-0.39, 0.29) is 12.4 Å². The number of ketones is 1. The molecule has 0 atom stereocenters. The van der Waals surface area contributed by atoms with Crippen LogP contribution in [0.25, 0.3) is 0 Å². The van der Waals surface area contributed by atoms with Crippen LogP contribution >= 0.6 is 34.8 Å². The molecule has 0 spiro atoms. The number of hydrogen-bond donors (Lipinski definition) is 0. The van der Waals surface area contributed by atoms with E-state index in [2.05, 4.69) is 0 Å². The Balaban J connectivity index is 2.72. The van der Waals surface area contributed by atoms with Crippen molar-refractivity contribution >= 4 is 40.6 Å². The number of benzene rings is 1. The van der Waals surface area contributed by atoms with Crippen LogP contribution in [0.1, 0.15) is 13.3 Å². The molecule has 1 aromatic carbocycles. The van der Waals surface area contributed by atoms with Crippen LogP contribution in [0.2, 0.25) is 15.1 Å². The van der Waals surface area contributed by atoms with Crippen LogP contribution in [0.4, 0.5) is 0 Å². The molecule has 0 unspecified atom stereocenters. The zero-order valence-corrected chi connectivity index (χ0v) is 10.3. The Morgan fingerprint density at radius 2 is 1.80 bits per heavy atom. The molecule has 0 bridgehead atoms. The first-order valence-electron chi connectivity index (χ1n) is 4.27. The number of rotatable bonds is 4. The molecular weight excluding hydrogens is 258 g/mol. The summed E-state index contributed by atoms with van der Waals surface area (Å²) in [4.78, 5) is 10.7. The van der Waals surface area contributed by atoms with Crippen molar-refractivity contribution in [1.82, 2.24) is 0 Å². The van der Waals surface area contributed by atoms with Gasteiger partial charge < -0.3 is 4.74 Å². The number of carbonyl (C=O) groups is 1. The van der Waals surface area contributed by atoms with Crippen molar-refractivity contribution in [3.8, 4) is 5.75 Å². The largest absolute Gasteiger partial charge is 0.490 e. The summed E-state index contributed by atoms with van der Waals surface area (Å²) in [6.07, 6.45) is 0.329. The summed E-state index contributed by atoms with van der Waals surface area (Å²) in [6.45, 7) is 1.75. The SMILES string of the molecule is CC(=O)CCOc1c(Cl)cc(Cl)cc1Cl. The van der Waals surface area contributed by atoms with E-state index in [1.54, 1.807) is 0 Å². The van der Waals surface area contributed by atoms with Gasteiger partial charge in [0.25, 0.3) is 0 Å². The van der Waals surface area contributed by atoms with Crippen molar-refractivity contribution in [2.45, 2.75) is 13.3 Å². The van der Waals surface area contributed by atoms with Gasteiger partial charge in [0.15, 0.2) is 5.75 Å². The summed E-state index contributed by atoms with van der Waals surface area (Å²) in [5, 5.41) is 1.14. The number of halogens is 3. The molecule has 5 heteroatoms. The summed E-state index contributed by atoms with van der Waals surface area (Å²) in [5.74, 6) is 0.417. The Morgan fingerprint density at radius 3 is 2.27 bits per heavy atom. The third-order valence-corrected chi connectivity index (χ3v) is 2.44. The van der Waals surface area contributed by atoms with Gasteiger partial charge in [-0.15, -0.1) is 0 Å². The maximum absolute atomic E-state index is 10.7. The minimum Gasteiger partial charge on any atom is -0.490 e. The lowest BCUT2D eigenvalue weighted by Crippen LogP contribution is -2.03. The maximum Gasteiger partial charge on any atom is 0.156 e. The second-order valence-corrected chi connectivity index (χ2v) is 4.25. The molecule has 0 radical (unpaired) electrons. The molecule has 0 fully saturated rings. The third-order valence-electron chi connectivity index (χ3n) is 1.66. The molecule has 0 N–H and O–H groups in total. The molecule has 0 heterocycles. The predicted octanol–water partition coefficient (Wildman–Crippen LogP) is 4.00. The van der Waals surface area contributed by atoms with E-state index in [0.29, 0.717) is 27.2 Å². The highest BCUT2D eigenvalue weighted by Crippen LogP contribution is 2.35. The third kappa shape index (κ3) is 3.90. The summed E-state index contributed by atoms with van der Waals surface area (Å²) in [6, 6.07) is 3.08. The lowest BCUT2D eigenvalue weighted by molar-refractivity contribution is -0.117. The van der Waals surface area contributed by atoms with Crippen LogP contribution in [0.3, 0.4) is 0 Å². The first kappa shape index (κ1) is 12.6. The molecule has 1 rings (SSSR count). The van der Waals surface area contributed by atoms with Gasteiger partial charge in [-0.25, -0.2) is 0 Å². The van der Waals surface area contributed by atoms with Crippen LogP contribution in [0.5, 0.6) is 5.75 Å². The van der Waals surface area contributed by atoms with Gasteiger partial charge >= 0.3 is 0 Å². The monoisotopic (exact) mass is 266 g/mol. The molecule has 0 amide bonds. The Hall–Kier alpha value is -0.440. The molecule has 82 valence electrons. The van der Waals surface area contributed by atoms with Crippen molar-refractivity contribution in [2.75, 3.05) is 6.61 Å². The zero-order valence-electron chi connectivity index (χ0n) is 8.02. The van der Waals surface area contributed by atoms with Gasteiger partial charge in [-0.1, -0.05) is 34.8 Å². The van der Waals surface area contributed by atoms with Gasteiger partial charge in [-0.2, -0.15) is 0 Å².